The van der Waals surface area contributed by atoms with Crippen molar-refractivity contribution >= 4 is 27.3 Å². The monoisotopic (exact) mass is 305 g/mol. The van der Waals surface area contributed by atoms with Crippen LogP contribution in [0.5, 0.6) is 0 Å². The number of aromatic carboxylic acids is 1. The SMILES string of the molecule is CC(O)C1CCN(S(=O)(=O)c2cc(C(=O)O)cs2)C1. The molecule has 8 heteroatoms. The van der Waals surface area contributed by atoms with Gasteiger partial charge in [0.25, 0.3) is 10.0 Å². The van der Waals surface area contributed by atoms with Crippen LogP contribution in [0.3, 0.4) is 0 Å². The van der Waals surface area contributed by atoms with Gasteiger partial charge in [-0.25, -0.2) is 13.2 Å². The van der Waals surface area contributed by atoms with Gasteiger partial charge in [-0.2, -0.15) is 4.31 Å². The largest absolute Gasteiger partial charge is 0.478 e. The molecule has 2 rings (SSSR count). The second-order valence-corrected chi connectivity index (χ2v) is 7.69. The van der Waals surface area contributed by atoms with E-state index in [1.165, 1.54) is 15.8 Å². The van der Waals surface area contributed by atoms with E-state index in [9.17, 15) is 18.3 Å². The first-order valence-electron chi connectivity index (χ1n) is 5.82. The van der Waals surface area contributed by atoms with Gasteiger partial charge in [0.05, 0.1) is 11.7 Å². The first-order chi connectivity index (χ1) is 8.82. The Morgan fingerprint density at radius 2 is 2.26 bits per heavy atom. The zero-order chi connectivity index (χ0) is 14.2. The highest BCUT2D eigenvalue weighted by Crippen LogP contribution is 2.29. The Morgan fingerprint density at radius 3 is 2.74 bits per heavy atom. The lowest BCUT2D eigenvalue weighted by Gasteiger charge is -2.16. The predicted molar refractivity (Wildman–Crippen MR) is 69.8 cm³/mol. The summed E-state index contributed by atoms with van der Waals surface area (Å²) in [7, 11) is -3.64. The van der Waals surface area contributed by atoms with Crippen molar-refractivity contribution in [3.63, 3.8) is 0 Å². The molecular weight excluding hydrogens is 290 g/mol. The quantitative estimate of drug-likeness (QED) is 0.859. The Morgan fingerprint density at radius 1 is 1.58 bits per heavy atom. The number of carboxylic acids is 1. The highest BCUT2D eigenvalue weighted by Gasteiger charge is 2.35. The van der Waals surface area contributed by atoms with Crippen LogP contribution in [0, 0.1) is 5.92 Å². The standard InChI is InChI=1S/C11H15NO5S2/c1-7(13)8-2-3-12(5-8)19(16,17)10-4-9(6-18-10)11(14)15/h4,6-8,13H,2-3,5H2,1H3,(H,14,15). The normalized spacial score (nSPS) is 22.5. The van der Waals surface area contributed by atoms with Crippen molar-refractivity contribution in [2.24, 2.45) is 5.92 Å². The fourth-order valence-corrected chi connectivity index (χ4v) is 4.88. The van der Waals surface area contributed by atoms with Gasteiger partial charge < -0.3 is 10.2 Å². The molecule has 6 nitrogen and oxygen atoms in total. The maximum absolute atomic E-state index is 12.3. The summed E-state index contributed by atoms with van der Waals surface area (Å²) in [6.45, 7) is 2.28. The van der Waals surface area contributed by atoms with E-state index in [2.05, 4.69) is 0 Å². The Kier molecular flexibility index (Phi) is 3.95. The minimum atomic E-state index is -3.64. The number of carboxylic acid groups (broad SMARTS) is 1. The number of rotatable bonds is 4. The summed E-state index contributed by atoms with van der Waals surface area (Å²) in [5.74, 6) is -1.20. The average molecular weight is 305 g/mol. The number of nitrogens with zero attached hydrogens (tertiary/aromatic N) is 1. The van der Waals surface area contributed by atoms with Crippen molar-refractivity contribution < 1.29 is 23.4 Å². The molecule has 19 heavy (non-hydrogen) atoms. The number of hydrogen-bond donors (Lipinski definition) is 2. The zero-order valence-corrected chi connectivity index (χ0v) is 11.9. The highest BCUT2D eigenvalue weighted by molar-refractivity contribution is 7.91. The molecule has 1 aromatic rings. The Bertz CT molecular complexity index is 578. The van der Waals surface area contributed by atoms with E-state index in [-0.39, 0.29) is 22.2 Å². The van der Waals surface area contributed by atoms with Gasteiger partial charge >= 0.3 is 5.97 Å². The molecule has 2 N–H and O–H groups in total. The van der Waals surface area contributed by atoms with Crippen molar-refractivity contribution in [3.05, 3.63) is 17.0 Å². The van der Waals surface area contributed by atoms with E-state index in [0.717, 1.165) is 11.3 Å². The lowest BCUT2D eigenvalue weighted by molar-refractivity contribution is 0.0697. The van der Waals surface area contributed by atoms with Crippen LogP contribution in [-0.2, 0) is 10.0 Å². The van der Waals surface area contributed by atoms with Crippen molar-refractivity contribution in [1.29, 1.82) is 0 Å². The van der Waals surface area contributed by atoms with Crippen molar-refractivity contribution in [3.8, 4) is 0 Å². The van der Waals surface area contributed by atoms with Crippen LogP contribution in [0.25, 0.3) is 0 Å². The van der Waals surface area contributed by atoms with Crippen molar-refractivity contribution in [2.75, 3.05) is 13.1 Å². The second-order valence-electron chi connectivity index (χ2n) is 4.61. The Labute approximate surface area is 115 Å². The molecule has 0 bridgehead atoms. The third-order valence-electron chi connectivity index (χ3n) is 3.29. The van der Waals surface area contributed by atoms with Gasteiger partial charge in [-0.05, 0) is 25.3 Å². The van der Waals surface area contributed by atoms with Gasteiger partial charge in [-0.3, -0.25) is 0 Å². The number of aliphatic hydroxyl groups is 1. The molecule has 1 aliphatic heterocycles. The molecule has 106 valence electrons. The Balaban J connectivity index is 2.21. The minimum Gasteiger partial charge on any atom is -0.478 e. The van der Waals surface area contributed by atoms with Gasteiger partial charge in [0.15, 0.2) is 0 Å². The van der Waals surface area contributed by atoms with Gasteiger partial charge in [0.1, 0.15) is 4.21 Å². The van der Waals surface area contributed by atoms with E-state index in [4.69, 9.17) is 5.11 Å². The number of carbonyl (C=O) groups is 1. The lowest BCUT2D eigenvalue weighted by Crippen LogP contribution is -2.30. The Hall–Kier alpha value is -0.960. The van der Waals surface area contributed by atoms with Crippen LogP contribution in [0.1, 0.15) is 23.7 Å². The first kappa shape index (κ1) is 14.4. The topological polar surface area (TPSA) is 94.9 Å². The molecule has 1 aromatic heterocycles. The molecule has 0 saturated carbocycles. The maximum Gasteiger partial charge on any atom is 0.336 e. The zero-order valence-electron chi connectivity index (χ0n) is 10.3. The third-order valence-corrected chi connectivity index (χ3v) is 6.57. The second kappa shape index (κ2) is 5.20. The molecule has 1 fully saturated rings. The van der Waals surface area contributed by atoms with E-state index in [1.807, 2.05) is 0 Å². The summed E-state index contributed by atoms with van der Waals surface area (Å²) in [6, 6.07) is 1.18. The molecule has 0 spiro atoms. The van der Waals surface area contributed by atoms with E-state index in [0.29, 0.717) is 13.0 Å². The lowest BCUT2D eigenvalue weighted by atomic mass is 10.0. The molecule has 0 aliphatic carbocycles. The minimum absolute atomic E-state index is 0.0187. The molecule has 0 amide bonds. The third kappa shape index (κ3) is 2.81. The number of sulfonamides is 1. The molecule has 2 unspecified atom stereocenters. The fourth-order valence-electron chi connectivity index (χ4n) is 2.06. The van der Waals surface area contributed by atoms with Crippen LogP contribution in [0.2, 0.25) is 0 Å². The van der Waals surface area contributed by atoms with Crippen molar-refractivity contribution in [2.45, 2.75) is 23.7 Å². The summed E-state index contributed by atoms with van der Waals surface area (Å²) in [5, 5.41) is 19.6. The number of hydrogen-bond acceptors (Lipinski definition) is 5. The molecule has 0 radical (unpaired) electrons. The van der Waals surface area contributed by atoms with Crippen LogP contribution >= 0.6 is 11.3 Å². The van der Waals surface area contributed by atoms with Crippen LogP contribution in [0.15, 0.2) is 15.7 Å². The van der Waals surface area contributed by atoms with Gasteiger partial charge in [-0.1, -0.05) is 0 Å². The fraction of sp³-hybridized carbons (Fsp3) is 0.545. The van der Waals surface area contributed by atoms with E-state index >= 15 is 0 Å². The van der Waals surface area contributed by atoms with E-state index < -0.39 is 22.1 Å². The predicted octanol–water partition coefficient (Wildman–Crippen LogP) is 0.838. The average Bonchev–Trinajstić information content (AvgIpc) is 2.99. The molecule has 0 aromatic carbocycles. The summed E-state index contributed by atoms with van der Waals surface area (Å²) < 4.78 is 25.9. The number of thiophene rings is 1. The van der Waals surface area contributed by atoms with Crippen LogP contribution in [-0.4, -0.2) is 48.1 Å². The van der Waals surface area contributed by atoms with Gasteiger partial charge in [0, 0.05) is 18.5 Å². The maximum atomic E-state index is 12.3. The highest BCUT2D eigenvalue weighted by atomic mass is 32.2. The first-order valence-corrected chi connectivity index (χ1v) is 8.14. The molecule has 1 saturated heterocycles. The summed E-state index contributed by atoms with van der Waals surface area (Å²) in [5.41, 5.74) is -0.0187. The van der Waals surface area contributed by atoms with Crippen LogP contribution in [0.4, 0.5) is 0 Å². The van der Waals surface area contributed by atoms with Gasteiger partial charge in [0.2, 0.25) is 0 Å². The van der Waals surface area contributed by atoms with Crippen molar-refractivity contribution in [1.82, 2.24) is 4.31 Å². The molecular formula is C11H15NO5S2. The summed E-state index contributed by atoms with van der Waals surface area (Å²) in [6.07, 6.45) is 0.0757. The van der Waals surface area contributed by atoms with Gasteiger partial charge in [-0.15, -0.1) is 11.3 Å². The molecule has 1 aliphatic rings. The molecule has 2 atom stereocenters. The molecule has 2 heterocycles. The summed E-state index contributed by atoms with van der Waals surface area (Å²) in [4.78, 5) is 10.8. The van der Waals surface area contributed by atoms with E-state index in [1.54, 1.807) is 6.92 Å². The summed E-state index contributed by atoms with van der Waals surface area (Å²) >= 11 is 0.908. The number of aliphatic hydroxyl groups excluding tert-OH is 1. The van der Waals surface area contributed by atoms with Crippen LogP contribution < -0.4 is 0 Å². The smallest absolute Gasteiger partial charge is 0.336 e.